The Morgan fingerprint density at radius 1 is 1.05 bits per heavy atom. The van der Waals surface area contributed by atoms with Crippen LogP contribution in [0, 0.1) is 6.92 Å². The van der Waals surface area contributed by atoms with E-state index in [4.69, 9.17) is 19.3 Å². The second kappa shape index (κ2) is 11.8. The van der Waals surface area contributed by atoms with Crippen molar-refractivity contribution < 1.29 is 23.8 Å². The molecule has 1 fully saturated rings. The fraction of sp³-hybridized carbons (Fsp3) is 0.303. The summed E-state index contributed by atoms with van der Waals surface area (Å²) < 4.78 is 18.8. The molecule has 4 aromatic rings. The largest absolute Gasteiger partial charge is 0.454 e. The second-order valence-corrected chi connectivity index (χ2v) is 12.0. The van der Waals surface area contributed by atoms with Gasteiger partial charge in [0.05, 0.1) is 28.5 Å². The van der Waals surface area contributed by atoms with Gasteiger partial charge in [-0.25, -0.2) is 4.68 Å². The van der Waals surface area contributed by atoms with Crippen LogP contribution >= 0.6 is 11.8 Å². The summed E-state index contributed by atoms with van der Waals surface area (Å²) in [5.74, 6) is 1.76. The maximum absolute atomic E-state index is 14.0. The predicted octanol–water partition coefficient (Wildman–Crippen LogP) is 5.04. The number of rotatable bonds is 7. The molecule has 0 bridgehead atoms. The Labute approximate surface area is 254 Å². The van der Waals surface area contributed by atoms with Crippen LogP contribution in [-0.2, 0) is 14.3 Å². The quantitative estimate of drug-likeness (QED) is 0.319. The average molecular weight is 597 g/mol. The van der Waals surface area contributed by atoms with Gasteiger partial charge in [-0.2, -0.15) is 5.10 Å². The van der Waals surface area contributed by atoms with Gasteiger partial charge >= 0.3 is 0 Å². The highest BCUT2D eigenvalue weighted by molar-refractivity contribution is 8.00. The van der Waals surface area contributed by atoms with E-state index >= 15 is 0 Å². The van der Waals surface area contributed by atoms with E-state index in [1.807, 2.05) is 84.4 Å². The van der Waals surface area contributed by atoms with Crippen molar-refractivity contribution in [2.24, 2.45) is 0 Å². The highest BCUT2D eigenvalue weighted by Crippen LogP contribution is 2.50. The molecular formula is C33H32N4O5S. The van der Waals surface area contributed by atoms with Gasteiger partial charge in [-0.3, -0.25) is 14.5 Å². The standard InChI is InChI=1S/C33H32N4O5S/c1-21-8-5-6-12-25(21)37-33-30(31(35-37)22-9-3-2-4-10-22)32(23-13-14-26-27(16-23)42-20-41-26)43-19-29(39)36(33)18-28(38)34-17-24-11-7-15-40-24/h2-6,8-10,12-14,16,24,32H,7,11,15,17-20H2,1H3,(H,34,38)/t24-,32+/m1/s1. The Balaban J connectivity index is 1.39. The van der Waals surface area contributed by atoms with E-state index in [-0.39, 0.29) is 42.3 Å². The fourth-order valence-electron chi connectivity index (χ4n) is 5.87. The highest BCUT2D eigenvalue weighted by Gasteiger charge is 2.38. The van der Waals surface area contributed by atoms with Crippen LogP contribution in [0.5, 0.6) is 11.5 Å². The maximum atomic E-state index is 14.0. The Morgan fingerprint density at radius 3 is 2.67 bits per heavy atom. The summed E-state index contributed by atoms with van der Waals surface area (Å²) in [5.41, 5.74) is 5.36. The van der Waals surface area contributed by atoms with Crippen LogP contribution in [0.3, 0.4) is 0 Å². The van der Waals surface area contributed by atoms with Crippen LogP contribution in [0.2, 0.25) is 0 Å². The van der Waals surface area contributed by atoms with Crippen molar-refractivity contribution in [3.63, 3.8) is 0 Å². The number of hydrogen-bond acceptors (Lipinski definition) is 7. The van der Waals surface area contributed by atoms with Crippen molar-refractivity contribution in [2.75, 3.05) is 37.1 Å². The molecule has 0 unspecified atom stereocenters. The number of fused-ring (bicyclic) bond motifs is 2. The first-order valence-corrected chi connectivity index (χ1v) is 15.6. The van der Waals surface area contributed by atoms with E-state index < -0.39 is 0 Å². The van der Waals surface area contributed by atoms with E-state index in [0.717, 1.165) is 46.5 Å². The van der Waals surface area contributed by atoms with Gasteiger partial charge in [0.1, 0.15) is 12.4 Å². The number of nitrogens with zero attached hydrogens (tertiary/aromatic N) is 3. The Morgan fingerprint density at radius 2 is 1.86 bits per heavy atom. The number of carbonyl (C=O) groups excluding carboxylic acids is 2. The second-order valence-electron chi connectivity index (χ2n) is 10.9. The number of carbonyl (C=O) groups is 2. The van der Waals surface area contributed by atoms with Crippen LogP contribution in [0.4, 0.5) is 5.82 Å². The smallest absolute Gasteiger partial charge is 0.240 e. The molecule has 1 N–H and O–H groups in total. The number of anilines is 1. The molecule has 7 rings (SSSR count). The van der Waals surface area contributed by atoms with Gasteiger partial charge in [0.25, 0.3) is 0 Å². The first kappa shape index (κ1) is 27.5. The predicted molar refractivity (Wildman–Crippen MR) is 165 cm³/mol. The van der Waals surface area contributed by atoms with Crippen molar-refractivity contribution in [3.8, 4) is 28.4 Å². The molecule has 3 aromatic carbocycles. The summed E-state index contributed by atoms with van der Waals surface area (Å²) >= 11 is 1.53. The van der Waals surface area contributed by atoms with Gasteiger partial charge in [-0.05, 0) is 49.1 Å². The van der Waals surface area contributed by atoms with E-state index in [1.54, 1.807) is 4.90 Å². The van der Waals surface area contributed by atoms with Crippen molar-refractivity contribution in [1.29, 1.82) is 0 Å². The highest BCUT2D eigenvalue weighted by atomic mass is 32.2. The summed E-state index contributed by atoms with van der Waals surface area (Å²) in [6, 6.07) is 23.8. The van der Waals surface area contributed by atoms with Gasteiger partial charge in [0.15, 0.2) is 11.5 Å². The van der Waals surface area contributed by atoms with Crippen molar-refractivity contribution in [3.05, 3.63) is 89.5 Å². The zero-order chi connectivity index (χ0) is 29.3. The number of para-hydroxylation sites is 1. The van der Waals surface area contributed by atoms with Crippen LogP contribution in [0.25, 0.3) is 16.9 Å². The Kier molecular flexibility index (Phi) is 7.54. The molecular weight excluding hydrogens is 564 g/mol. The molecule has 0 radical (unpaired) electrons. The first-order chi connectivity index (χ1) is 21.1. The number of ether oxygens (including phenoxy) is 3. The number of thioether (sulfide) groups is 1. The molecule has 1 aromatic heterocycles. The molecule has 2 amide bonds. The number of amides is 2. The Bertz CT molecular complexity index is 1670. The molecule has 0 saturated carbocycles. The van der Waals surface area contributed by atoms with E-state index in [0.29, 0.717) is 30.5 Å². The maximum Gasteiger partial charge on any atom is 0.240 e. The molecule has 3 aliphatic heterocycles. The summed E-state index contributed by atoms with van der Waals surface area (Å²) in [6.45, 7) is 3.21. The third kappa shape index (κ3) is 5.36. The van der Waals surface area contributed by atoms with Crippen molar-refractivity contribution >= 4 is 29.4 Å². The lowest BCUT2D eigenvalue weighted by Crippen LogP contribution is -2.44. The number of aromatic nitrogens is 2. The fourth-order valence-corrected chi connectivity index (χ4v) is 7.06. The lowest BCUT2D eigenvalue weighted by molar-refractivity contribution is -0.123. The molecule has 3 aliphatic rings. The van der Waals surface area contributed by atoms with E-state index in [1.165, 1.54) is 11.8 Å². The van der Waals surface area contributed by atoms with Crippen molar-refractivity contribution in [2.45, 2.75) is 31.1 Å². The summed E-state index contributed by atoms with van der Waals surface area (Å²) in [4.78, 5) is 28.9. The van der Waals surface area contributed by atoms with Gasteiger partial charge in [-0.1, -0.05) is 54.6 Å². The lowest BCUT2D eigenvalue weighted by atomic mass is 9.99. The van der Waals surface area contributed by atoms with Crippen LogP contribution in [0.15, 0.2) is 72.8 Å². The SMILES string of the molecule is Cc1ccccc1-n1nc(-c2ccccc2)c2c1N(CC(=O)NC[C@H]1CCCO1)C(=O)CS[C@H]2c1ccc2c(c1)OCO2. The summed E-state index contributed by atoms with van der Waals surface area (Å²) in [6.07, 6.45) is 1.92. The first-order valence-electron chi connectivity index (χ1n) is 14.5. The molecule has 43 heavy (non-hydrogen) atoms. The number of hydrogen-bond donors (Lipinski definition) is 1. The minimum atomic E-state index is -0.263. The average Bonchev–Trinajstić information content (AvgIpc) is 3.78. The van der Waals surface area contributed by atoms with Gasteiger partial charge in [-0.15, -0.1) is 11.8 Å². The minimum absolute atomic E-state index is 0.00692. The Hall–Kier alpha value is -4.28. The minimum Gasteiger partial charge on any atom is -0.454 e. The summed E-state index contributed by atoms with van der Waals surface area (Å²) in [7, 11) is 0. The van der Waals surface area contributed by atoms with E-state index in [2.05, 4.69) is 5.32 Å². The molecule has 9 nitrogen and oxygen atoms in total. The molecule has 2 atom stereocenters. The number of aryl methyl sites for hydroxylation is 1. The zero-order valence-electron chi connectivity index (χ0n) is 23.8. The molecule has 220 valence electrons. The van der Waals surface area contributed by atoms with Crippen LogP contribution in [-0.4, -0.2) is 59.9 Å². The molecule has 0 spiro atoms. The zero-order valence-corrected chi connectivity index (χ0v) is 24.6. The number of benzene rings is 3. The third-order valence-electron chi connectivity index (χ3n) is 8.03. The van der Waals surface area contributed by atoms with Gasteiger partial charge in [0.2, 0.25) is 18.6 Å². The third-order valence-corrected chi connectivity index (χ3v) is 9.29. The molecule has 10 heteroatoms. The van der Waals surface area contributed by atoms with Crippen LogP contribution in [0.1, 0.15) is 34.8 Å². The van der Waals surface area contributed by atoms with Crippen LogP contribution < -0.4 is 19.7 Å². The van der Waals surface area contributed by atoms with Gasteiger partial charge in [0, 0.05) is 24.3 Å². The molecule has 4 heterocycles. The number of nitrogens with one attached hydrogen (secondary N) is 1. The van der Waals surface area contributed by atoms with Gasteiger partial charge < -0.3 is 19.5 Å². The summed E-state index contributed by atoms with van der Waals surface area (Å²) in [5, 5.41) is 7.92. The lowest BCUT2D eigenvalue weighted by Gasteiger charge is -2.24. The molecule has 0 aliphatic carbocycles. The van der Waals surface area contributed by atoms with E-state index in [9.17, 15) is 9.59 Å². The monoisotopic (exact) mass is 596 g/mol. The van der Waals surface area contributed by atoms with Crippen molar-refractivity contribution in [1.82, 2.24) is 15.1 Å². The molecule has 1 saturated heterocycles. The normalized spacial score (nSPS) is 19.3. The topological polar surface area (TPSA) is 94.9 Å².